The van der Waals surface area contributed by atoms with E-state index < -0.39 is 5.56 Å². The second-order valence-corrected chi connectivity index (χ2v) is 9.42. The van der Waals surface area contributed by atoms with E-state index in [0.29, 0.717) is 48.6 Å². The fourth-order valence-corrected chi connectivity index (χ4v) is 4.75. The van der Waals surface area contributed by atoms with E-state index in [1.807, 2.05) is 31.7 Å². The minimum atomic E-state index is -0.448. The molecule has 10 heteroatoms. The Morgan fingerprint density at radius 2 is 1.91 bits per heavy atom. The predicted octanol–water partition coefficient (Wildman–Crippen LogP) is 2.47. The molecule has 8 nitrogen and oxygen atoms in total. The summed E-state index contributed by atoms with van der Waals surface area (Å²) in [6.45, 7) is 11.2. The summed E-state index contributed by atoms with van der Waals surface area (Å²) in [4.78, 5) is 38.7. The van der Waals surface area contributed by atoms with Crippen LogP contribution < -0.4 is 15.7 Å². The van der Waals surface area contributed by atoms with Gasteiger partial charge in [-0.15, -0.1) is 0 Å². The normalized spacial score (nSPS) is 13.9. The summed E-state index contributed by atoms with van der Waals surface area (Å²) in [5.74, 6) is -0.120. The lowest BCUT2D eigenvalue weighted by Crippen LogP contribution is -2.49. The first-order valence-electron chi connectivity index (χ1n) is 11.2. The smallest absolute Gasteiger partial charge is 0.316 e. The first-order chi connectivity index (χ1) is 16.7. The summed E-state index contributed by atoms with van der Waals surface area (Å²) in [5.41, 5.74) is 2.62. The van der Waals surface area contributed by atoms with Gasteiger partial charge in [-0.1, -0.05) is 48.9 Å². The third-order valence-electron chi connectivity index (χ3n) is 6.17. The number of carbonyl (C=O) groups excluding carboxylic acids is 1. The summed E-state index contributed by atoms with van der Waals surface area (Å²) < 4.78 is 1.47. The molecule has 0 radical (unpaired) electrons. The summed E-state index contributed by atoms with van der Waals surface area (Å²) >= 11 is 12.7. The van der Waals surface area contributed by atoms with E-state index in [9.17, 15) is 9.59 Å². The van der Waals surface area contributed by atoms with Crippen LogP contribution in [-0.2, 0) is 4.79 Å². The highest BCUT2D eigenvalue weighted by atomic mass is 35.5. The molecular formula is C25H25Cl2N6O2+. The third kappa shape index (κ3) is 4.26. The van der Waals surface area contributed by atoms with Crippen LogP contribution in [0.25, 0.3) is 16.7 Å². The van der Waals surface area contributed by atoms with Crippen LogP contribution in [0.4, 0.5) is 5.69 Å². The molecule has 3 aromatic rings. The Balaban J connectivity index is 2.04. The molecule has 0 unspecified atom stereocenters. The highest BCUT2D eigenvalue weighted by Gasteiger charge is 2.30. The topological polar surface area (TPSA) is 95.1 Å². The molecule has 3 aromatic heterocycles. The maximum absolute atomic E-state index is 14.0. The molecule has 4 heterocycles. The van der Waals surface area contributed by atoms with Crippen molar-refractivity contribution < 1.29 is 10.1 Å². The average Bonchev–Trinajstić information content (AvgIpc) is 2.84. The van der Waals surface area contributed by atoms with Gasteiger partial charge in [-0.05, 0) is 36.6 Å². The molecule has 35 heavy (non-hydrogen) atoms. The van der Waals surface area contributed by atoms with Crippen LogP contribution in [0, 0.1) is 13.0 Å². The first kappa shape index (κ1) is 24.7. The van der Waals surface area contributed by atoms with Crippen molar-refractivity contribution in [2.45, 2.75) is 26.7 Å². The largest absolute Gasteiger partial charge is 0.366 e. The summed E-state index contributed by atoms with van der Waals surface area (Å²) in [7, 11) is 0. The van der Waals surface area contributed by atoms with Crippen molar-refractivity contribution in [1.29, 1.82) is 0 Å². The Bertz CT molecular complexity index is 1450. The van der Waals surface area contributed by atoms with E-state index in [-0.39, 0.29) is 27.6 Å². The number of amides is 1. The molecule has 0 aromatic carbocycles. The minimum Gasteiger partial charge on any atom is -0.366 e. The Morgan fingerprint density at radius 3 is 2.51 bits per heavy atom. The molecule has 180 valence electrons. The van der Waals surface area contributed by atoms with Crippen molar-refractivity contribution in [2.75, 3.05) is 31.1 Å². The number of aryl methyl sites for hydroxylation is 1. The van der Waals surface area contributed by atoms with Crippen LogP contribution in [0.2, 0.25) is 10.2 Å². The van der Waals surface area contributed by atoms with Gasteiger partial charge in [0.25, 0.3) is 5.56 Å². The van der Waals surface area contributed by atoms with Crippen LogP contribution in [0.5, 0.6) is 0 Å². The molecule has 1 saturated heterocycles. The number of fused-ring (bicyclic) bond motifs is 1. The number of nitrogens with one attached hydrogen (secondary N) is 1. The highest BCUT2D eigenvalue weighted by Crippen LogP contribution is 2.35. The molecule has 4 rings (SSSR count). The fourth-order valence-electron chi connectivity index (χ4n) is 4.46. The molecule has 1 aliphatic rings. The Kier molecular flexibility index (Phi) is 6.84. The molecule has 0 spiro atoms. The quantitative estimate of drug-likeness (QED) is 0.428. The second kappa shape index (κ2) is 9.68. The fraction of sp³-hybridized carbons (Fsp3) is 0.320. The molecule has 1 fully saturated rings. The van der Waals surface area contributed by atoms with Crippen LogP contribution in [-0.4, -0.2) is 51.5 Å². The molecular weight excluding hydrogens is 487 g/mol. The van der Waals surface area contributed by atoms with Gasteiger partial charge in [0.15, 0.2) is 11.2 Å². The number of pyridine rings is 3. The molecule has 0 bridgehead atoms. The Labute approximate surface area is 213 Å². The van der Waals surface area contributed by atoms with Crippen molar-refractivity contribution in [2.24, 2.45) is 0 Å². The predicted molar refractivity (Wildman–Crippen MR) is 137 cm³/mol. The van der Waals surface area contributed by atoms with Gasteiger partial charge in [0.2, 0.25) is 5.91 Å². The van der Waals surface area contributed by atoms with Gasteiger partial charge in [-0.3, -0.25) is 19.1 Å². The van der Waals surface area contributed by atoms with Gasteiger partial charge in [0.05, 0.1) is 22.1 Å². The van der Waals surface area contributed by atoms with E-state index in [2.05, 4.69) is 22.6 Å². The maximum atomic E-state index is 14.0. The average molecular weight is 512 g/mol. The van der Waals surface area contributed by atoms with Crippen LogP contribution >= 0.6 is 23.2 Å². The Morgan fingerprint density at radius 1 is 1.23 bits per heavy atom. The van der Waals surface area contributed by atoms with Crippen LogP contribution in [0.1, 0.15) is 36.6 Å². The van der Waals surface area contributed by atoms with Crippen molar-refractivity contribution in [3.05, 3.63) is 68.3 Å². The molecule has 1 amide bonds. The number of halogens is 2. The summed E-state index contributed by atoms with van der Waals surface area (Å²) in [6.07, 6.45) is 3.00. The lowest BCUT2D eigenvalue weighted by molar-refractivity contribution is -0.126. The Hall–Kier alpha value is -3.41. The molecule has 0 atom stereocenters. The highest BCUT2D eigenvalue weighted by molar-refractivity contribution is 6.41. The zero-order valence-electron chi connectivity index (χ0n) is 19.7. The van der Waals surface area contributed by atoms with Crippen molar-refractivity contribution in [3.8, 4) is 11.8 Å². The number of rotatable bonds is 4. The summed E-state index contributed by atoms with van der Waals surface area (Å²) in [5, 5.41) is 8.90. The number of hydrogen-bond acceptors (Lipinski definition) is 5. The van der Waals surface area contributed by atoms with Gasteiger partial charge in [0.1, 0.15) is 5.15 Å². The molecule has 1 N–H and O–H groups in total. The van der Waals surface area contributed by atoms with Gasteiger partial charge in [-0.25, -0.2) is 4.98 Å². The zero-order valence-corrected chi connectivity index (χ0v) is 21.2. The third-order valence-corrected chi connectivity index (χ3v) is 6.84. The lowest BCUT2D eigenvalue weighted by Gasteiger charge is -2.36. The van der Waals surface area contributed by atoms with Crippen LogP contribution in [0.3, 0.4) is 0 Å². The maximum Gasteiger partial charge on any atom is 0.316 e. The second-order valence-electron chi connectivity index (χ2n) is 8.65. The summed E-state index contributed by atoms with van der Waals surface area (Å²) in [6, 6.07) is 5.86. The number of aromatic nitrogens is 3. The standard InChI is InChI=1S/C25H24Cl2N6O2/c1-5-19(34)31-8-10-32(11-9-31)22-16-12-18(26)23(27)30-24(16)33(25(35)17(22)13-28)21-15(4)6-7-29-20(21)14(2)3/h5-7,12,14H,1,8-11H2,2-4H3/p+1. The molecule has 0 aliphatic carbocycles. The van der Waals surface area contributed by atoms with E-state index in [0.717, 1.165) is 11.3 Å². The van der Waals surface area contributed by atoms with E-state index in [1.165, 1.54) is 10.6 Å². The van der Waals surface area contributed by atoms with Crippen molar-refractivity contribution in [3.63, 3.8) is 0 Å². The number of carbonyl (C=O) groups is 1. The van der Waals surface area contributed by atoms with Crippen molar-refractivity contribution in [1.82, 2.24) is 19.4 Å². The number of anilines is 1. The zero-order chi connectivity index (χ0) is 25.4. The molecule has 0 saturated carbocycles. The van der Waals surface area contributed by atoms with E-state index >= 15 is 0 Å². The van der Waals surface area contributed by atoms with E-state index in [1.54, 1.807) is 17.2 Å². The minimum absolute atomic E-state index is 0.0252. The van der Waals surface area contributed by atoms with Gasteiger partial charge >= 0.3 is 6.07 Å². The number of nitrogens with zero attached hydrogens (tertiary/aromatic N) is 5. The van der Waals surface area contributed by atoms with Gasteiger partial charge in [0, 0.05) is 37.8 Å². The van der Waals surface area contributed by atoms with Gasteiger partial charge < -0.3 is 9.80 Å². The van der Waals surface area contributed by atoms with Crippen LogP contribution in [0.15, 0.2) is 35.8 Å². The van der Waals surface area contributed by atoms with E-state index in [4.69, 9.17) is 28.5 Å². The lowest BCUT2D eigenvalue weighted by atomic mass is 10.0. The van der Waals surface area contributed by atoms with Gasteiger partial charge in [-0.2, -0.15) is 0 Å². The first-order valence-corrected chi connectivity index (χ1v) is 11.9. The SMILES string of the molecule is C=CC(=O)N1CCN(c2c(C#[NH+])c(=O)n(-c3c(C)ccnc3C(C)C)c3nc(Cl)c(Cl)cc23)CC1. The number of piperazine rings is 1. The monoisotopic (exact) mass is 511 g/mol. The molecule has 1 aliphatic heterocycles. The van der Waals surface area contributed by atoms with Crippen molar-refractivity contribution >= 4 is 45.8 Å². The number of hydrogen-bond donors (Lipinski definition) is 1.